The molecule has 0 heterocycles. The van der Waals surface area contributed by atoms with Gasteiger partial charge in [-0.05, 0) is 348 Å². The predicted molar refractivity (Wildman–Crippen MR) is 650 cm³/mol. The number of rotatable bonds is 7. The summed E-state index contributed by atoms with van der Waals surface area (Å²) in [6, 6.07) is 183. The van der Waals surface area contributed by atoms with Crippen molar-refractivity contribution in [3.8, 4) is 55.6 Å². The zero-order chi connectivity index (χ0) is 102. The largest absolute Gasteiger partial charge is 0.0622 e. The molecule has 705 valence electrons. The first-order chi connectivity index (χ1) is 73.2. The van der Waals surface area contributed by atoms with Gasteiger partial charge in [-0.3, -0.25) is 4.39 Å². The van der Waals surface area contributed by atoms with Crippen LogP contribution in [0.5, 0.6) is 0 Å². The normalized spacial score (nSPS) is 11.1. The quantitative estimate of drug-likeness (QED) is 0.0476. The first-order valence-corrected chi connectivity index (χ1v) is 51.6. The minimum Gasteiger partial charge on any atom is -0.0622 e. The second kappa shape index (κ2) is 44.6. The molecule has 0 fully saturated rings. The van der Waals surface area contributed by atoms with Crippen molar-refractivity contribution in [1.29, 1.82) is 0 Å². The van der Waals surface area contributed by atoms with Gasteiger partial charge in [0.1, 0.15) is 0 Å². The number of hydrogen-bond donors (Lipinski definition) is 5. The molecular weight excluding hydrogens is 2020 g/mol. The molecule has 0 aromatic heterocycles. The summed E-state index contributed by atoms with van der Waals surface area (Å²) in [6.07, 6.45) is 0. The summed E-state index contributed by atoms with van der Waals surface area (Å²) in [4.78, 5) is 0. The van der Waals surface area contributed by atoms with E-state index in [2.05, 4.69) is 503 Å². The monoisotopic (exact) mass is 2110 g/mol. The molecule has 0 bridgehead atoms. The van der Waals surface area contributed by atoms with E-state index in [9.17, 15) is 14.4 Å². The Labute approximate surface area is 890 Å². The minimum atomic E-state index is -1.47. The zero-order valence-electron chi connectivity index (χ0n) is 81.2. The van der Waals surface area contributed by atoms with E-state index >= 15 is 0 Å². The van der Waals surface area contributed by atoms with Crippen LogP contribution in [0.1, 0.15) is 1.37 Å². The van der Waals surface area contributed by atoms with Crippen molar-refractivity contribution in [2.75, 3.05) is 7.15 Å². The predicted octanol–water partition coefficient (Wildman–Crippen LogP) is 36.5. The van der Waals surface area contributed by atoms with Crippen LogP contribution in [0, 0.1) is 0 Å². The van der Waals surface area contributed by atoms with E-state index in [1.807, 2.05) is 60.7 Å². The van der Waals surface area contributed by atoms with Gasteiger partial charge in [0.05, 0.1) is 8.52 Å². The third kappa shape index (κ3) is 20.0. The van der Waals surface area contributed by atoms with Crippen LogP contribution in [0.15, 0.2) is 533 Å². The minimum absolute atomic E-state index is 0.525. The van der Waals surface area contributed by atoms with Crippen LogP contribution in [0.25, 0.3) is 239 Å². The number of alkyl halides is 1. The third-order valence-corrected chi connectivity index (χ3v) is 30.0. The Kier molecular flexibility index (Phi) is 29.2. The summed E-state index contributed by atoms with van der Waals surface area (Å²) >= 11 is 14.3. The number of thiol groups is 1. The number of hydrogen-bond acceptors (Lipinski definition) is 6. The van der Waals surface area contributed by atoms with Gasteiger partial charge in [0.15, 0.2) is 0 Å². The maximum absolute atomic E-state index is 9.96. The van der Waals surface area contributed by atoms with Crippen LogP contribution >= 0.6 is 60.6 Å². The standard InChI is InChI=1S/C56H34.C20H12Br2.C20H14.C18H13BO2.C14H9Br.C6H7BO2.CH3F.BHNS/c1-2-14-35(15-3-1)38-30-31-49-52(32-38)56(51-34-40-29-27-37-17-5-7-19-42(37)54(40)46-23-11-9-21-44(46)51)48-25-13-12-24-47(48)55(49)50-33-39-28-26-36-16-4-6-18-41(36)53(39)45-22-10-8-20-43(45)50;21-19-15-8-4-5-9-16(15)20(22)18-12-14(10-11-17(18)19)13-6-2-1-3-7-13;1-2-6-15(7-3-1)18-10-11-19-12-16-8-4-5-9-17(16)13-20(19)14-18;20-19(21)17-11-13-10-9-12-5-1-2-6-14(12)18(13)16-8-4-3-7-15(16)17;15-14-6-5-12-7-10-3-1-2-4-11(10)8-13(12)9-14;8-7(9)6-4-2-1-3-5-6;1-2;1-2-3/h1-34H;1-12H;1-14H;1-11,20-21H;1-9H;1-5,8-9H;1H3;3H/i;;;;;;1D;. The van der Waals surface area contributed by atoms with E-state index in [4.69, 9.17) is 11.4 Å². The van der Waals surface area contributed by atoms with Crippen LogP contribution in [0.2, 0.25) is 0 Å². The number of halogens is 4. The molecule has 0 unspecified atom stereocenters. The Bertz CT molecular complexity index is 9920. The van der Waals surface area contributed by atoms with Crippen molar-refractivity contribution in [3.05, 3.63) is 529 Å². The Morgan fingerprint density at radius 2 is 0.486 bits per heavy atom. The summed E-state index contributed by atoms with van der Waals surface area (Å²) < 4.78 is 21.6. The molecule has 4 N–H and O–H groups in total. The average molecular weight is 2120 g/mol. The van der Waals surface area contributed by atoms with Gasteiger partial charge in [0.25, 0.3) is 0 Å². The molecule has 5 nitrogen and oxygen atoms in total. The zero-order valence-corrected chi connectivity index (χ0v) is 85.9. The van der Waals surface area contributed by atoms with Gasteiger partial charge in [-0.2, -0.15) is 0 Å². The molecule has 0 atom stereocenters. The van der Waals surface area contributed by atoms with E-state index in [0.717, 1.165) is 35.0 Å². The molecule has 0 aliphatic rings. The van der Waals surface area contributed by atoms with Crippen LogP contribution < -0.4 is 10.9 Å². The summed E-state index contributed by atoms with van der Waals surface area (Å²) in [5, 5.41) is 78.6. The fourth-order valence-electron chi connectivity index (χ4n) is 21.0. The second-order valence-electron chi connectivity index (χ2n) is 36.4. The average Bonchev–Trinajstić information content (AvgIpc) is 0.705. The first kappa shape index (κ1) is 96.9. The van der Waals surface area contributed by atoms with Crippen LogP contribution in [-0.4, -0.2) is 49.1 Å². The molecule has 0 aliphatic heterocycles. The maximum atomic E-state index is 9.96. The molecule has 13 heteroatoms. The molecule has 28 aromatic carbocycles. The fraction of sp³-hybridized carbons (Fsp3) is 0.00741. The maximum Gasteiger partial charge on any atom is -0.00197 e. The molecule has 0 amide bonds. The first-order valence-electron chi connectivity index (χ1n) is 49.5. The van der Waals surface area contributed by atoms with Gasteiger partial charge in [0, 0.05) is 13.4 Å². The van der Waals surface area contributed by atoms with Gasteiger partial charge in [-0.15, -0.1) is 0 Å². The molecular formula is C135H93B3Br3FNO4S. The van der Waals surface area contributed by atoms with E-state index in [0.29, 0.717) is 10.9 Å². The summed E-state index contributed by atoms with van der Waals surface area (Å²) in [6.45, 7) is 0. The Morgan fingerprint density at radius 3 is 0.899 bits per heavy atom. The van der Waals surface area contributed by atoms with Crippen molar-refractivity contribution in [1.82, 2.24) is 0 Å². The third-order valence-electron chi connectivity index (χ3n) is 27.8. The Balaban J connectivity index is 0.000000115. The number of fused-ring (bicyclic) bond motifs is 23. The SMILES string of the molecule is Brc1c2ccccc2c(Br)c2cc(-c3ccccc3)ccc12.Brc1ccc2cc3ccccc3cc2c1.OB(O)c1cc2ccc3ccccc3c2c2ccccc12.OB(O)c1ccccc1.[2H]CF.[B]=NS.c1ccc(-c2ccc3c(-c4cc5ccc6ccccc6c5c5ccccc45)c4ccccc4c(-c4cc5ccc6ccccc6c5c5ccccc45)c3c2)cc1.c1ccc(-c2ccc3cc4ccccc4cc3c2)cc1. The molecule has 0 saturated carbocycles. The molecule has 0 saturated heterocycles. The fourth-order valence-corrected chi connectivity index (χ4v) is 22.8. The van der Waals surface area contributed by atoms with E-state index in [1.54, 1.807) is 24.3 Å². The van der Waals surface area contributed by atoms with Gasteiger partial charge in [-0.25, -0.2) is 0 Å². The van der Waals surface area contributed by atoms with Crippen molar-refractivity contribution < 1.29 is 25.9 Å². The molecule has 0 spiro atoms. The molecule has 148 heavy (non-hydrogen) atoms. The second-order valence-corrected chi connectivity index (χ2v) is 39.2. The summed E-state index contributed by atoms with van der Waals surface area (Å²) in [5.41, 5.74) is 13.6. The van der Waals surface area contributed by atoms with Crippen molar-refractivity contribution in [3.63, 3.8) is 0 Å². The molecule has 0 aliphatic carbocycles. The van der Waals surface area contributed by atoms with Crippen LogP contribution in [-0.2, 0) is 0 Å². The molecule has 28 rings (SSSR count). The number of benzene rings is 28. The molecule has 28 aromatic rings. The van der Waals surface area contributed by atoms with Crippen molar-refractivity contribution in [2.24, 2.45) is 4.30 Å². The van der Waals surface area contributed by atoms with Gasteiger partial charge in [0.2, 0.25) is 0 Å². The summed E-state index contributed by atoms with van der Waals surface area (Å²) in [5.74, 6) is 0. The Hall–Kier alpha value is -15.9. The van der Waals surface area contributed by atoms with E-state index in [-0.39, 0.29) is 0 Å². The topological polar surface area (TPSA) is 93.3 Å². The van der Waals surface area contributed by atoms with Crippen molar-refractivity contribution >= 4 is 277 Å². The van der Waals surface area contributed by atoms with E-state index < -0.39 is 21.4 Å². The van der Waals surface area contributed by atoms with Gasteiger partial charge < -0.3 is 20.1 Å². The van der Waals surface area contributed by atoms with Crippen LogP contribution in [0.4, 0.5) is 4.39 Å². The molecule has 1 radical (unpaired) electrons. The van der Waals surface area contributed by atoms with Crippen LogP contribution in [0.3, 0.4) is 0 Å². The van der Waals surface area contributed by atoms with Gasteiger partial charge >= 0.3 is 39.0 Å². The number of nitrogens with zero attached hydrogens (tertiary/aromatic N) is 1. The smallest absolute Gasteiger partial charge is 0.00197 e. The Morgan fingerprint density at radius 1 is 0.223 bits per heavy atom. The summed E-state index contributed by atoms with van der Waals surface area (Å²) in [7, 11) is 0.528. The van der Waals surface area contributed by atoms with Crippen molar-refractivity contribution in [2.45, 2.75) is 0 Å². The van der Waals surface area contributed by atoms with E-state index in [1.165, 1.54) is 217 Å². The van der Waals surface area contributed by atoms with Gasteiger partial charge in [-0.1, -0.05) is 465 Å².